The van der Waals surface area contributed by atoms with E-state index in [1.807, 2.05) is 19.1 Å². The number of rotatable bonds is 4. The Bertz CT molecular complexity index is 1080. The fourth-order valence-electron chi connectivity index (χ4n) is 3.65. The van der Waals surface area contributed by atoms with E-state index in [-0.39, 0.29) is 23.0 Å². The van der Waals surface area contributed by atoms with Crippen molar-refractivity contribution in [2.45, 2.75) is 38.0 Å². The molecule has 2 atom stereocenters. The monoisotopic (exact) mass is 448 g/mol. The van der Waals surface area contributed by atoms with E-state index in [0.29, 0.717) is 11.3 Å². The third kappa shape index (κ3) is 4.25. The molecule has 2 N–H and O–H groups in total. The van der Waals surface area contributed by atoms with Crippen LogP contribution in [0.4, 0.5) is 24.7 Å². The molecular formula is C22H20ClF3N4O. The van der Waals surface area contributed by atoms with Crippen LogP contribution in [0.3, 0.4) is 0 Å². The topological polar surface area (TPSA) is 59.0 Å². The molecule has 31 heavy (non-hydrogen) atoms. The van der Waals surface area contributed by atoms with Crippen molar-refractivity contribution in [1.29, 1.82) is 0 Å². The third-order valence-corrected chi connectivity index (χ3v) is 5.69. The van der Waals surface area contributed by atoms with Gasteiger partial charge in [0.25, 0.3) is 5.91 Å². The summed E-state index contributed by atoms with van der Waals surface area (Å²) in [7, 11) is 0. The molecule has 0 saturated carbocycles. The minimum atomic E-state index is -4.55. The lowest BCUT2D eigenvalue weighted by Crippen LogP contribution is -2.35. The Morgan fingerprint density at radius 3 is 2.48 bits per heavy atom. The summed E-state index contributed by atoms with van der Waals surface area (Å²) in [4.78, 5) is 12.7. The van der Waals surface area contributed by atoms with Crippen LogP contribution in [-0.4, -0.2) is 21.9 Å². The summed E-state index contributed by atoms with van der Waals surface area (Å²) in [5.74, 6) is -0.689. The number of hydrogen-bond donors (Lipinski definition) is 2. The van der Waals surface area contributed by atoms with E-state index in [9.17, 15) is 18.0 Å². The number of benzene rings is 2. The van der Waals surface area contributed by atoms with Crippen molar-refractivity contribution in [3.05, 3.63) is 76.4 Å². The smallest absolute Gasteiger partial charge is 0.362 e. The van der Waals surface area contributed by atoms with E-state index in [2.05, 4.69) is 15.7 Å². The molecule has 0 spiro atoms. The maximum Gasteiger partial charge on any atom is 0.410 e. The lowest BCUT2D eigenvalue weighted by atomic mass is 9.97. The molecule has 2 heterocycles. The summed E-state index contributed by atoms with van der Waals surface area (Å²) < 4.78 is 42.3. The summed E-state index contributed by atoms with van der Waals surface area (Å²) in [6.45, 7) is 2.01. The van der Waals surface area contributed by atoms with E-state index in [0.717, 1.165) is 16.7 Å². The molecular weight excluding hydrogens is 429 g/mol. The van der Waals surface area contributed by atoms with Gasteiger partial charge in [-0.3, -0.25) is 4.79 Å². The summed E-state index contributed by atoms with van der Waals surface area (Å²) in [6.07, 6.45) is -3.97. The molecule has 0 radical (unpaired) electrons. The Morgan fingerprint density at radius 2 is 1.87 bits per heavy atom. The second-order valence-corrected chi connectivity index (χ2v) is 7.74. The number of carbonyl (C=O) groups excluding carboxylic acids is 1. The van der Waals surface area contributed by atoms with Gasteiger partial charge in [0.1, 0.15) is 10.8 Å². The molecule has 0 bridgehead atoms. The molecule has 1 aliphatic heterocycles. The summed E-state index contributed by atoms with van der Waals surface area (Å²) in [6, 6.07) is 13.5. The van der Waals surface area contributed by atoms with E-state index in [4.69, 9.17) is 11.6 Å². The van der Waals surface area contributed by atoms with Crippen LogP contribution in [0.1, 0.15) is 47.0 Å². The zero-order chi connectivity index (χ0) is 22.2. The van der Waals surface area contributed by atoms with Crippen LogP contribution in [0.15, 0.2) is 54.6 Å². The number of aryl methyl sites for hydroxylation is 1. The van der Waals surface area contributed by atoms with Crippen molar-refractivity contribution in [2.75, 3.05) is 10.6 Å². The highest BCUT2D eigenvalue weighted by Gasteiger charge is 2.47. The van der Waals surface area contributed by atoms with Gasteiger partial charge < -0.3 is 10.6 Å². The van der Waals surface area contributed by atoms with Gasteiger partial charge in [-0.15, -0.1) is 0 Å². The number of fused-ring (bicyclic) bond motifs is 1. The van der Waals surface area contributed by atoms with Crippen LogP contribution < -0.4 is 10.6 Å². The predicted octanol–water partition coefficient (Wildman–Crippen LogP) is 6.01. The van der Waals surface area contributed by atoms with Crippen molar-refractivity contribution in [3.8, 4) is 0 Å². The number of hydrogen-bond acceptors (Lipinski definition) is 3. The van der Waals surface area contributed by atoms with Gasteiger partial charge in [-0.25, -0.2) is 4.68 Å². The van der Waals surface area contributed by atoms with Crippen LogP contribution in [0, 0.1) is 0 Å². The van der Waals surface area contributed by atoms with Crippen LogP contribution in [0.5, 0.6) is 0 Å². The van der Waals surface area contributed by atoms with Gasteiger partial charge in [0.05, 0.1) is 6.04 Å². The normalized spacial score (nSPS) is 18.2. The maximum atomic E-state index is 13.8. The number of amides is 1. The highest BCUT2D eigenvalue weighted by molar-refractivity contribution is 6.36. The fraction of sp³-hybridized carbons (Fsp3) is 0.273. The quantitative estimate of drug-likeness (QED) is 0.513. The van der Waals surface area contributed by atoms with Crippen molar-refractivity contribution in [1.82, 2.24) is 9.78 Å². The van der Waals surface area contributed by atoms with Gasteiger partial charge in [-0.05, 0) is 29.7 Å². The Balaban J connectivity index is 1.67. The van der Waals surface area contributed by atoms with E-state index >= 15 is 0 Å². The van der Waals surface area contributed by atoms with Crippen molar-refractivity contribution < 1.29 is 18.0 Å². The van der Waals surface area contributed by atoms with Crippen molar-refractivity contribution >= 4 is 29.0 Å². The molecule has 1 amide bonds. The number of halogens is 4. The lowest BCUT2D eigenvalue weighted by Gasteiger charge is -2.33. The molecule has 0 fully saturated rings. The molecule has 0 unspecified atom stereocenters. The molecule has 4 rings (SSSR count). The molecule has 0 saturated heterocycles. The third-order valence-electron chi connectivity index (χ3n) is 5.33. The number of nitrogens with one attached hydrogen (secondary N) is 2. The minimum absolute atomic E-state index is 0.0180. The van der Waals surface area contributed by atoms with Crippen LogP contribution >= 0.6 is 11.6 Å². The number of nitrogens with zero attached hydrogens (tertiary/aromatic N) is 2. The number of alkyl halides is 3. The van der Waals surface area contributed by atoms with Crippen LogP contribution in [0.2, 0.25) is 5.02 Å². The first-order chi connectivity index (χ1) is 14.8. The second-order valence-electron chi connectivity index (χ2n) is 7.36. The number of aromatic nitrogens is 2. The van der Waals surface area contributed by atoms with Gasteiger partial charge >= 0.3 is 6.18 Å². The molecule has 9 heteroatoms. The first-order valence-electron chi connectivity index (χ1n) is 9.84. The van der Waals surface area contributed by atoms with Gasteiger partial charge in [0, 0.05) is 12.1 Å². The van der Waals surface area contributed by atoms with Crippen molar-refractivity contribution in [2.24, 2.45) is 0 Å². The molecule has 2 aromatic carbocycles. The second kappa shape index (κ2) is 8.26. The van der Waals surface area contributed by atoms with Gasteiger partial charge in [0.15, 0.2) is 11.7 Å². The standard InChI is InChI=1S/C22H20ClF3N4O/c1-2-13-8-10-15(11-9-13)27-21(31)19-18(23)20-28-16(14-6-4-3-5-7-14)12-17(22(24,25)26)30(20)29-19/h3-11,16-17,28H,2,12H2,1H3,(H,27,31)/t16-,17-/m0/s1. The first-order valence-corrected chi connectivity index (χ1v) is 10.2. The first kappa shape index (κ1) is 21.2. The minimum Gasteiger partial charge on any atom is -0.362 e. The largest absolute Gasteiger partial charge is 0.410 e. The maximum absolute atomic E-state index is 13.8. The number of anilines is 2. The highest BCUT2D eigenvalue weighted by atomic mass is 35.5. The lowest BCUT2D eigenvalue weighted by molar-refractivity contribution is -0.173. The molecule has 3 aromatic rings. The molecule has 1 aromatic heterocycles. The molecule has 162 valence electrons. The summed E-state index contributed by atoms with van der Waals surface area (Å²) in [5, 5.41) is 9.48. The average Bonchev–Trinajstić information content (AvgIpc) is 3.10. The van der Waals surface area contributed by atoms with E-state index in [1.54, 1.807) is 42.5 Å². The molecule has 5 nitrogen and oxygen atoms in total. The molecule has 0 aliphatic carbocycles. The van der Waals surface area contributed by atoms with Gasteiger partial charge in [-0.2, -0.15) is 18.3 Å². The Kier molecular flexibility index (Phi) is 5.66. The van der Waals surface area contributed by atoms with Gasteiger partial charge in [-0.1, -0.05) is 61.0 Å². The zero-order valence-electron chi connectivity index (χ0n) is 16.6. The van der Waals surface area contributed by atoms with Gasteiger partial charge in [0.2, 0.25) is 0 Å². The summed E-state index contributed by atoms with van der Waals surface area (Å²) >= 11 is 6.35. The Labute approximate surface area is 182 Å². The van der Waals surface area contributed by atoms with E-state index in [1.165, 1.54) is 0 Å². The molecule has 1 aliphatic rings. The van der Waals surface area contributed by atoms with Crippen LogP contribution in [0.25, 0.3) is 0 Å². The fourth-order valence-corrected chi connectivity index (χ4v) is 3.92. The zero-order valence-corrected chi connectivity index (χ0v) is 17.3. The predicted molar refractivity (Wildman–Crippen MR) is 114 cm³/mol. The highest BCUT2D eigenvalue weighted by Crippen LogP contribution is 2.46. The SMILES string of the molecule is CCc1ccc(NC(=O)c2nn3c(c2Cl)N[C@H](c2ccccc2)C[C@H]3C(F)(F)F)cc1. The van der Waals surface area contributed by atoms with Crippen LogP contribution in [-0.2, 0) is 6.42 Å². The number of carbonyl (C=O) groups is 1. The van der Waals surface area contributed by atoms with Crippen molar-refractivity contribution in [3.63, 3.8) is 0 Å². The average molecular weight is 449 g/mol. The Morgan fingerprint density at radius 1 is 1.19 bits per heavy atom. The Hall–Kier alpha value is -3.00. The summed E-state index contributed by atoms with van der Waals surface area (Å²) in [5.41, 5.74) is 2.04. The van der Waals surface area contributed by atoms with E-state index < -0.39 is 24.2 Å².